The normalized spacial score (nSPS) is 12.2. The van der Waals surface area contributed by atoms with E-state index >= 15 is 0 Å². The molecule has 0 saturated heterocycles. The van der Waals surface area contributed by atoms with E-state index in [4.69, 9.17) is 5.73 Å². The Kier molecular flexibility index (Phi) is 4.07. The Labute approximate surface area is 124 Å². The van der Waals surface area contributed by atoms with Crippen molar-refractivity contribution in [2.75, 3.05) is 0 Å². The number of nitrogens with zero attached hydrogens (tertiary/aromatic N) is 3. The lowest BCUT2D eigenvalue weighted by atomic mass is 10.0. The molecule has 106 valence electrons. The first-order chi connectivity index (χ1) is 10.3. The smallest absolute Gasteiger partial charge is 0.0950 e. The number of nitrogens with two attached hydrogens (primary N) is 1. The van der Waals surface area contributed by atoms with Crippen molar-refractivity contribution in [2.45, 2.75) is 19.0 Å². The molecule has 2 aromatic heterocycles. The quantitative estimate of drug-likeness (QED) is 0.780. The van der Waals surface area contributed by atoms with Crippen LogP contribution in [-0.4, -0.2) is 14.5 Å². The molecule has 2 heterocycles. The van der Waals surface area contributed by atoms with Crippen LogP contribution in [0.4, 0.5) is 0 Å². The van der Waals surface area contributed by atoms with Gasteiger partial charge in [-0.2, -0.15) is 0 Å². The number of pyridine rings is 1. The van der Waals surface area contributed by atoms with E-state index in [1.807, 2.05) is 42.9 Å². The van der Waals surface area contributed by atoms with Crippen molar-refractivity contribution in [3.8, 4) is 11.3 Å². The molecule has 21 heavy (non-hydrogen) atoms. The van der Waals surface area contributed by atoms with Gasteiger partial charge < -0.3 is 10.3 Å². The lowest BCUT2D eigenvalue weighted by molar-refractivity contribution is 0.563. The van der Waals surface area contributed by atoms with Gasteiger partial charge in [-0.05, 0) is 24.1 Å². The Balaban J connectivity index is 1.71. The maximum absolute atomic E-state index is 6.26. The maximum Gasteiger partial charge on any atom is 0.0950 e. The molecule has 0 aliphatic heterocycles. The minimum atomic E-state index is 0.0406. The Morgan fingerprint density at radius 2 is 1.76 bits per heavy atom. The highest BCUT2D eigenvalue weighted by atomic mass is 15.0. The number of hydrogen-bond acceptors (Lipinski definition) is 3. The van der Waals surface area contributed by atoms with E-state index in [0.717, 1.165) is 24.2 Å². The van der Waals surface area contributed by atoms with E-state index in [1.54, 1.807) is 12.4 Å². The summed E-state index contributed by atoms with van der Waals surface area (Å²) in [7, 11) is 0. The minimum Gasteiger partial charge on any atom is -0.331 e. The fourth-order valence-corrected chi connectivity index (χ4v) is 2.41. The summed E-state index contributed by atoms with van der Waals surface area (Å²) in [6.07, 6.45) is 8.19. The van der Waals surface area contributed by atoms with Crippen molar-refractivity contribution in [2.24, 2.45) is 5.73 Å². The number of benzene rings is 1. The summed E-state index contributed by atoms with van der Waals surface area (Å²) in [5.41, 5.74) is 9.64. The van der Waals surface area contributed by atoms with Crippen molar-refractivity contribution in [3.63, 3.8) is 0 Å². The molecule has 0 fully saturated rings. The molecule has 0 bridgehead atoms. The third-order valence-corrected chi connectivity index (χ3v) is 3.60. The van der Waals surface area contributed by atoms with Gasteiger partial charge in [-0.3, -0.25) is 4.98 Å². The summed E-state index contributed by atoms with van der Waals surface area (Å²) in [4.78, 5) is 8.30. The summed E-state index contributed by atoms with van der Waals surface area (Å²) in [5.74, 6) is 0. The van der Waals surface area contributed by atoms with Crippen molar-refractivity contribution in [3.05, 3.63) is 72.9 Å². The maximum atomic E-state index is 6.26. The molecule has 1 unspecified atom stereocenters. The molecule has 0 spiro atoms. The summed E-state index contributed by atoms with van der Waals surface area (Å²) in [6, 6.07) is 14.2. The zero-order chi connectivity index (χ0) is 14.5. The van der Waals surface area contributed by atoms with Gasteiger partial charge in [0.25, 0.3) is 0 Å². The van der Waals surface area contributed by atoms with Crippen LogP contribution in [0.1, 0.15) is 18.0 Å². The average Bonchev–Trinajstić information content (AvgIpc) is 3.03. The third-order valence-electron chi connectivity index (χ3n) is 3.60. The summed E-state index contributed by atoms with van der Waals surface area (Å²) in [6.45, 7) is 0.841. The topological polar surface area (TPSA) is 56.7 Å². The molecule has 0 amide bonds. The van der Waals surface area contributed by atoms with E-state index in [0.29, 0.717) is 0 Å². The predicted molar refractivity (Wildman–Crippen MR) is 83.4 cm³/mol. The fourth-order valence-electron chi connectivity index (χ4n) is 2.41. The third kappa shape index (κ3) is 3.17. The Bertz CT molecular complexity index is 676. The Morgan fingerprint density at radius 3 is 2.52 bits per heavy atom. The Morgan fingerprint density at radius 1 is 1.00 bits per heavy atom. The van der Waals surface area contributed by atoms with Crippen LogP contribution in [0.2, 0.25) is 0 Å². The molecule has 1 atom stereocenters. The molecule has 0 saturated carbocycles. The van der Waals surface area contributed by atoms with Crippen molar-refractivity contribution >= 4 is 0 Å². The zero-order valence-corrected chi connectivity index (χ0v) is 11.8. The van der Waals surface area contributed by atoms with Crippen LogP contribution in [0.15, 0.2) is 67.4 Å². The highest BCUT2D eigenvalue weighted by Crippen LogP contribution is 2.20. The molecular weight excluding hydrogens is 260 g/mol. The van der Waals surface area contributed by atoms with Gasteiger partial charge in [-0.1, -0.05) is 30.3 Å². The van der Waals surface area contributed by atoms with E-state index in [-0.39, 0.29) is 6.04 Å². The average molecular weight is 278 g/mol. The van der Waals surface area contributed by atoms with Gasteiger partial charge in [0, 0.05) is 30.5 Å². The second-order valence-electron chi connectivity index (χ2n) is 5.01. The molecule has 0 aliphatic carbocycles. The first kappa shape index (κ1) is 13.5. The van der Waals surface area contributed by atoms with E-state index < -0.39 is 0 Å². The second kappa shape index (κ2) is 6.33. The number of aromatic nitrogens is 3. The molecular formula is C17H18N4. The monoisotopic (exact) mass is 278 g/mol. The van der Waals surface area contributed by atoms with E-state index in [9.17, 15) is 0 Å². The molecule has 0 radical (unpaired) electrons. The van der Waals surface area contributed by atoms with Crippen LogP contribution in [0.25, 0.3) is 11.3 Å². The van der Waals surface area contributed by atoms with Crippen LogP contribution in [-0.2, 0) is 6.54 Å². The number of rotatable bonds is 5. The summed E-state index contributed by atoms with van der Waals surface area (Å²) < 4.78 is 2.14. The Hall–Kier alpha value is -2.46. The highest BCUT2D eigenvalue weighted by molar-refractivity contribution is 5.57. The number of hydrogen-bond donors (Lipinski definition) is 1. The highest BCUT2D eigenvalue weighted by Gasteiger charge is 2.08. The minimum absolute atomic E-state index is 0.0406. The van der Waals surface area contributed by atoms with Crippen LogP contribution in [0.3, 0.4) is 0 Å². The number of imidazole rings is 1. The van der Waals surface area contributed by atoms with E-state index in [1.165, 1.54) is 5.56 Å². The van der Waals surface area contributed by atoms with Crippen LogP contribution in [0, 0.1) is 0 Å². The molecule has 3 rings (SSSR count). The van der Waals surface area contributed by atoms with Gasteiger partial charge in [-0.15, -0.1) is 0 Å². The molecule has 3 aromatic rings. The van der Waals surface area contributed by atoms with Gasteiger partial charge in [0.05, 0.1) is 18.2 Å². The molecule has 1 aromatic carbocycles. The fraction of sp³-hybridized carbons (Fsp3) is 0.176. The SMILES string of the molecule is NC(CCn1cncc1-c1ccncc1)c1ccccc1. The van der Waals surface area contributed by atoms with Gasteiger partial charge in [0.1, 0.15) is 0 Å². The van der Waals surface area contributed by atoms with Crippen molar-refractivity contribution in [1.82, 2.24) is 14.5 Å². The lowest BCUT2D eigenvalue weighted by Gasteiger charge is -2.14. The molecule has 0 aliphatic rings. The molecule has 2 N–H and O–H groups in total. The van der Waals surface area contributed by atoms with Crippen molar-refractivity contribution in [1.29, 1.82) is 0 Å². The van der Waals surface area contributed by atoms with Gasteiger partial charge in [-0.25, -0.2) is 4.98 Å². The second-order valence-corrected chi connectivity index (χ2v) is 5.01. The largest absolute Gasteiger partial charge is 0.331 e. The van der Waals surface area contributed by atoms with Gasteiger partial charge in [0.15, 0.2) is 0 Å². The first-order valence-electron chi connectivity index (χ1n) is 7.05. The molecule has 4 heteroatoms. The van der Waals surface area contributed by atoms with Crippen LogP contribution in [0.5, 0.6) is 0 Å². The summed E-state index contributed by atoms with van der Waals surface area (Å²) >= 11 is 0. The standard InChI is InChI=1S/C17H18N4/c18-16(14-4-2-1-3-5-14)8-11-21-13-20-12-17(21)15-6-9-19-10-7-15/h1-7,9-10,12-13,16H,8,11,18H2. The van der Waals surface area contributed by atoms with Gasteiger partial charge >= 0.3 is 0 Å². The van der Waals surface area contributed by atoms with Crippen LogP contribution >= 0.6 is 0 Å². The summed E-state index contributed by atoms with van der Waals surface area (Å²) in [5, 5.41) is 0. The predicted octanol–water partition coefficient (Wildman–Crippen LogP) is 3.04. The van der Waals surface area contributed by atoms with Crippen molar-refractivity contribution < 1.29 is 0 Å². The molecule has 4 nitrogen and oxygen atoms in total. The number of aryl methyl sites for hydroxylation is 1. The first-order valence-corrected chi connectivity index (χ1v) is 7.05. The van der Waals surface area contributed by atoms with Gasteiger partial charge in [0.2, 0.25) is 0 Å². The zero-order valence-electron chi connectivity index (χ0n) is 11.8. The van der Waals surface area contributed by atoms with E-state index in [2.05, 4.69) is 26.7 Å². The van der Waals surface area contributed by atoms with Crippen LogP contribution < -0.4 is 5.73 Å². The lowest BCUT2D eigenvalue weighted by Crippen LogP contribution is -2.13.